The van der Waals surface area contributed by atoms with Gasteiger partial charge in [0.15, 0.2) is 5.16 Å². The van der Waals surface area contributed by atoms with Crippen LogP contribution in [0.5, 0.6) is 0 Å². The van der Waals surface area contributed by atoms with Crippen molar-refractivity contribution in [2.75, 3.05) is 44.2 Å². The van der Waals surface area contributed by atoms with Gasteiger partial charge < -0.3 is 9.80 Å². The Hall–Kier alpha value is -3.39. The molecule has 2 aliphatic heterocycles. The molecule has 4 aromatic rings. The zero-order valence-corrected chi connectivity index (χ0v) is 25.3. The molecule has 2 saturated heterocycles. The van der Waals surface area contributed by atoms with Gasteiger partial charge in [-0.3, -0.25) is 9.69 Å². The molecular weight excluding hydrogens is 562 g/mol. The average molecular weight is 598 g/mol. The van der Waals surface area contributed by atoms with Gasteiger partial charge in [0.2, 0.25) is 0 Å². The fourth-order valence-electron chi connectivity index (χ4n) is 5.93. The number of benzene rings is 3. The Kier molecular flexibility index (Phi) is 9.38. The normalized spacial score (nSPS) is 16.1. The zero-order chi connectivity index (χ0) is 28.7. The van der Waals surface area contributed by atoms with E-state index in [9.17, 15) is 4.79 Å². The Morgan fingerprint density at radius 3 is 2.10 bits per heavy atom. The van der Waals surface area contributed by atoms with Crippen molar-refractivity contribution in [3.8, 4) is 0 Å². The molecule has 0 radical (unpaired) electrons. The van der Waals surface area contributed by atoms with Gasteiger partial charge in [-0.25, -0.2) is 9.97 Å². The van der Waals surface area contributed by atoms with Crippen molar-refractivity contribution in [2.45, 2.75) is 36.2 Å². The highest BCUT2D eigenvalue weighted by Crippen LogP contribution is 2.30. The molecule has 0 aliphatic carbocycles. The van der Waals surface area contributed by atoms with Crippen molar-refractivity contribution < 1.29 is 4.79 Å². The summed E-state index contributed by atoms with van der Waals surface area (Å²) in [5.41, 5.74) is 4.35. The van der Waals surface area contributed by atoms with Crippen LogP contribution >= 0.6 is 23.4 Å². The van der Waals surface area contributed by atoms with E-state index in [1.807, 2.05) is 29.2 Å². The zero-order valence-electron chi connectivity index (χ0n) is 23.7. The van der Waals surface area contributed by atoms with Crippen LogP contribution in [0, 0.1) is 0 Å². The lowest BCUT2D eigenvalue weighted by Crippen LogP contribution is -2.49. The number of nitrogens with zero attached hydrogens (tertiary/aromatic N) is 5. The van der Waals surface area contributed by atoms with E-state index in [0.29, 0.717) is 29.2 Å². The summed E-state index contributed by atoms with van der Waals surface area (Å²) in [5, 5.41) is 1.14. The predicted octanol–water partition coefficient (Wildman–Crippen LogP) is 6.96. The van der Waals surface area contributed by atoms with Gasteiger partial charge in [-0.1, -0.05) is 96.2 Å². The van der Waals surface area contributed by atoms with Gasteiger partial charge in [0.1, 0.15) is 11.0 Å². The highest BCUT2D eigenvalue weighted by Gasteiger charge is 2.28. The number of anilines is 1. The molecule has 0 saturated carbocycles. The maximum Gasteiger partial charge on any atom is 0.253 e. The Morgan fingerprint density at radius 2 is 1.43 bits per heavy atom. The number of carbonyl (C=O) groups excluding carboxylic acids is 1. The molecule has 3 heterocycles. The quantitative estimate of drug-likeness (QED) is 0.124. The van der Waals surface area contributed by atoms with Gasteiger partial charge in [0, 0.05) is 56.7 Å². The van der Waals surface area contributed by atoms with E-state index in [1.54, 1.807) is 11.8 Å². The largest absolute Gasteiger partial charge is 0.356 e. The number of aromatic nitrogens is 2. The van der Waals surface area contributed by atoms with Crippen molar-refractivity contribution in [1.82, 2.24) is 19.8 Å². The van der Waals surface area contributed by atoms with Crippen molar-refractivity contribution in [3.63, 3.8) is 0 Å². The molecule has 0 unspecified atom stereocenters. The second-order valence-electron chi connectivity index (χ2n) is 10.9. The summed E-state index contributed by atoms with van der Waals surface area (Å²) in [6, 6.07) is 31.3. The van der Waals surface area contributed by atoms with Gasteiger partial charge in [-0.05, 0) is 48.1 Å². The summed E-state index contributed by atoms with van der Waals surface area (Å²) in [7, 11) is 0. The van der Waals surface area contributed by atoms with Crippen LogP contribution < -0.4 is 4.90 Å². The molecule has 2 fully saturated rings. The van der Waals surface area contributed by atoms with E-state index < -0.39 is 0 Å². The molecule has 0 atom stereocenters. The van der Waals surface area contributed by atoms with Crippen LogP contribution in [0.4, 0.5) is 5.82 Å². The first-order valence-corrected chi connectivity index (χ1v) is 16.1. The first-order chi connectivity index (χ1) is 20.6. The van der Waals surface area contributed by atoms with Crippen LogP contribution in [-0.2, 0) is 5.75 Å². The minimum Gasteiger partial charge on any atom is -0.356 e. The third kappa shape index (κ3) is 6.97. The number of rotatable bonds is 8. The number of thioether (sulfide) groups is 1. The van der Waals surface area contributed by atoms with Gasteiger partial charge >= 0.3 is 0 Å². The van der Waals surface area contributed by atoms with Crippen LogP contribution in [-0.4, -0.2) is 64.9 Å². The fraction of sp³-hybridized carbons (Fsp3) is 0.324. The molecule has 8 heteroatoms. The summed E-state index contributed by atoms with van der Waals surface area (Å²) >= 11 is 7.91. The molecular formula is C34H36ClN5OS. The Morgan fingerprint density at radius 1 is 0.762 bits per heavy atom. The predicted molar refractivity (Wildman–Crippen MR) is 171 cm³/mol. The number of piperazine rings is 1. The molecule has 0 bridgehead atoms. The summed E-state index contributed by atoms with van der Waals surface area (Å²) in [6.45, 7) is 5.06. The van der Waals surface area contributed by atoms with Crippen LogP contribution in [0.2, 0.25) is 5.15 Å². The first-order valence-electron chi connectivity index (χ1n) is 14.8. The minimum atomic E-state index is 0.0869. The van der Waals surface area contributed by atoms with Crippen molar-refractivity contribution in [1.29, 1.82) is 0 Å². The van der Waals surface area contributed by atoms with E-state index in [2.05, 4.69) is 81.5 Å². The monoisotopic (exact) mass is 597 g/mol. The second-order valence-corrected chi connectivity index (χ2v) is 12.3. The van der Waals surface area contributed by atoms with E-state index in [0.717, 1.165) is 43.1 Å². The average Bonchev–Trinajstić information content (AvgIpc) is 3.05. The lowest BCUT2D eigenvalue weighted by atomic mass is 9.96. The van der Waals surface area contributed by atoms with Crippen LogP contribution in [0.3, 0.4) is 0 Å². The molecule has 216 valence electrons. The topological polar surface area (TPSA) is 52.6 Å². The fourth-order valence-corrected chi connectivity index (χ4v) is 6.95. The third-order valence-electron chi connectivity index (χ3n) is 8.08. The van der Waals surface area contributed by atoms with Crippen LogP contribution in [0.25, 0.3) is 0 Å². The number of hydrogen-bond acceptors (Lipinski definition) is 6. The van der Waals surface area contributed by atoms with Crippen LogP contribution in [0.15, 0.2) is 96.2 Å². The Bertz CT molecular complexity index is 1430. The number of hydrogen-bond donors (Lipinski definition) is 0. The smallest absolute Gasteiger partial charge is 0.253 e. The first kappa shape index (κ1) is 28.7. The highest BCUT2D eigenvalue weighted by molar-refractivity contribution is 7.98. The highest BCUT2D eigenvalue weighted by atomic mass is 35.5. The molecule has 0 N–H and O–H groups in total. The van der Waals surface area contributed by atoms with Crippen molar-refractivity contribution >= 4 is 35.1 Å². The van der Waals surface area contributed by atoms with Gasteiger partial charge in [-0.2, -0.15) is 0 Å². The third-order valence-corrected chi connectivity index (χ3v) is 9.19. The molecule has 42 heavy (non-hydrogen) atoms. The standard InChI is InChI=1S/C34H36ClN5OS/c35-30-24-31(38-17-8-3-9-18-38)37-34(36-30)42-25-26-11-10-16-29(23-26)33(41)40-21-19-39(20-22-40)32(27-12-4-1-5-13-27)28-14-6-2-7-15-28/h1-2,4-7,10-16,23-24,32H,3,8-9,17-22,25H2. The number of carbonyl (C=O) groups is 1. The molecule has 6 rings (SSSR count). The summed E-state index contributed by atoms with van der Waals surface area (Å²) < 4.78 is 0. The second kappa shape index (κ2) is 13.7. The van der Waals surface area contributed by atoms with E-state index >= 15 is 0 Å². The Balaban J connectivity index is 1.09. The van der Waals surface area contributed by atoms with Crippen molar-refractivity contribution in [3.05, 3.63) is 118 Å². The Labute approximate surface area is 257 Å². The summed E-state index contributed by atoms with van der Waals surface area (Å²) in [5.74, 6) is 1.66. The summed E-state index contributed by atoms with van der Waals surface area (Å²) in [6.07, 6.45) is 3.63. The van der Waals surface area contributed by atoms with Gasteiger partial charge in [-0.15, -0.1) is 0 Å². The molecule has 3 aromatic carbocycles. The van der Waals surface area contributed by atoms with Crippen molar-refractivity contribution in [2.24, 2.45) is 0 Å². The van der Waals surface area contributed by atoms with E-state index in [-0.39, 0.29) is 11.9 Å². The minimum absolute atomic E-state index is 0.0869. The molecule has 1 amide bonds. The van der Waals surface area contributed by atoms with E-state index in [4.69, 9.17) is 16.6 Å². The van der Waals surface area contributed by atoms with Gasteiger partial charge in [0.25, 0.3) is 5.91 Å². The molecule has 1 aromatic heterocycles. The number of halogens is 1. The maximum absolute atomic E-state index is 13.6. The lowest BCUT2D eigenvalue weighted by molar-refractivity contribution is 0.0597. The molecule has 0 spiro atoms. The number of piperidine rings is 1. The van der Waals surface area contributed by atoms with Gasteiger partial charge in [0.05, 0.1) is 6.04 Å². The lowest BCUT2D eigenvalue weighted by Gasteiger charge is -2.39. The molecule has 2 aliphatic rings. The maximum atomic E-state index is 13.6. The number of amides is 1. The molecule has 6 nitrogen and oxygen atoms in total. The van der Waals surface area contributed by atoms with Crippen LogP contribution in [0.1, 0.15) is 52.4 Å². The van der Waals surface area contributed by atoms with E-state index in [1.165, 1.54) is 30.4 Å². The SMILES string of the molecule is O=C(c1cccc(CSc2nc(Cl)cc(N3CCCCC3)n2)c1)N1CCN(C(c2ccccc2)c2ccccc2)CC1. The summed E-state index contributed by atoms with van der Waals surface area (Å²) in [4.78, 5) is 29.6.